The average molecular weight is 271 g/mol. The normalized spacial score (nSPS) is 24.3. The molecule has 7 heteroatoms. The Morgan fingerprint density at radius 1 is 1.44 bits per heavy atom. The minimum atomic E-state index is -0.992. The van der Waals surface area contributed by atoms with E-state index in [0.717, 1.165) is 0 Å². The molecule has 2 N–H and O–H groups in total. The van der Waals surface area contributed by atoms with Gasteiger partial charge >= 0.3 is 0 Å². The Labute approximate surface area is 108 Å². The van der Waals surface area contributed by atoms with E-state index < -0.39 is 12.3 Å². The first kappa shape index (κ1) is 11.7. The second-order valence-corrected chi connectivity index (χ2v) is 4.54. The van der Waals surface area contributed by atoms with Gasteiger partial charge in [0, 0.05) is 12.7 Å². The van der Waals surface area contributed by atoms with Crippen LogP contribution in [0.1, 0.15) is 6.42 Å². The van der Waals surface area contributed by atoms with E-state index in [9.17, 15) is 4.39 Å². The van der Waals surface area contributed by atoms with Gasteiger partial charge in [-0.2, -0.15) is 9.97 Å². The summed E-state index contributed by atoms with van der Waals surface area (Å²) in [5, 5.41) is 3.88. The maximum Gasteiger partial charge on any atom is 0.227 e. The van der Waals surface area contributed by atoms with Crippen LogP contribution in [0.2, 0.25) is 5.28 Å². The summed E-state index contributed by atoms with van der Waals surface area (Å²) in [7, 11) is 0. The molecule has 0 spiro atoms. The first-order chi connectivity index (χ1) is 8.74. The quantitative estimate of drug-likeness (QED) is 0.815. The number of aromatic nitrogens is 3. The van der Waals surface area contributed by atoms with E-state index in [1.54, 1.807) is 12.3 Å². The molecule has 1 fully saturated rings. The van der Waals surface area contributed by atoms with Crippen molar-refractivity contribution in [2.24, 2.45) is 0 Å². The van der Waals surface area contributed by atoms with E-state index in [0.29, 0.717) is 36.4 Å². The van der Waals surface area contributed by atoms with E-state index in [2.05, 4.69) is 20.3 Å². The molecule has 5 nitrogen and oxygen atoms in total. The van der Waals surface area contributed by atoms with Crippen LogP contribution >= 0.6 is 11.6 Å². The number of piperidine rings is 1. The number of nitrogens with zero attached hydrogens (tertiary/aromatic N) is 2. The summed E-state index contributed by atoms with van der Waals surface area (Å²) in [4.78, 5) is 11.0. The van der Waals surface area contributed by atoms with Gasteiger partial charge in [0.25, 0.3) is 0 Å². The number of ether oxygens (including phenoxy) is 1. The van der Waals surface area contributed by atoms with E-state index in [1.165, 1.54) is 0 Å². The lowest BCUT2D eigenvalue weighted by molar-refractivity contribution is 0.0721. The number of fused-ring (bicyclic) bond motifs is 1. The van der Waals surface area contributed by atoms with Crippen LogP contribution < -0.4 is 10.1 Å². The highest BCUT2D eigenvalue weighted by molar-refractivity contribution is 6.28. The molecule has 0 bridgehead atoms. The van der Waals surface area contributed by atoms with Gasteiger partial charge in [0.05, 0.1) is 5.39 Å². The lowest BCUT2D eigenvalue weighted by Crippen LogP contribution is -2.45. The Kier molecular flexibility index (Phi) is 3.05. The predicted octanol–water partition coefficient (Wildman–Crippen LogP) is 1.69. The first-order valence-electron chi connectivity index (χ1n) is 5.76. The standard InChI is InChI=1S/C11H12ClFN4O/c12-11-16-9-6(1-4-15-9)10(17-11)18-8-5-14-3-2-7(8)13/h1,4,7-8,14H,2-3,5H2,(H,15,16,17)/t7-,8+/m0/s1. The minimum absolute atomic E-state index is 0.0825. The van der Waals surface area contributed by atoms with Crippen LogP contribution in [0.15, 0.2) is 12.3 Å². The van der Waals surface area contributed by atoms with Crippen molar-refractivity contribution in [3.05, 3.63) is 17.5 Å². The van der Waals surface area contributed by atoms with Crippen molar-refractivity contribution < 1.29 is 9.13 Å². The molecule has 2 atom stereocenters. The summed E-state index contributed by atoms with van der Waals surface area (Å²) in [6.45, 7) is 1.14. The molecule has 3 heterocycles. The number of H-pyrrole nitrogens is 1. The van der Waals surface area contributed by atoms with Gasteiger partial charge in [0.2, 0.25) is 11.2 Å². The van der Waals surface area contributed by atoms with Gasteiger partial charge in [-0.3, -0.25) is 0 Å². The number of hydrogen-bond donors (Lipinski definition) is 2. The second kappa shape index (κ2) is 4.70. The Balaban J connectivity index is 1.91. The first-order valence-corrected chi connectivity index (χ1v) is 6.14. The molecular weight excluding hydrogens is 259 g/mol. The van der Waals surface area contributed by atoms with E-state index in [1.807, 2.05) is 0 Å². The van der Waals surface area contributed by atoms with Crippen molar-refractivity contribution >= 4 is 22.6 Å². The molecule has 1 saturated heterocycles. The van der Waals surface area contributed by atoms with E-state index >= 15 is 0 Å². The number of rotatable bonds is 2. The third-order valence-electron chi connectivity index (χ3n) is 2.96. The highest BCUT2D eigenvalue weighted by Gasteiger charge is 2.27. The molecule has 0 aromatic carbocycles. The zero-order valence-corrected chi connectivity index (χ0v) is 10.2. The molecular formula is C11H12ClFN4O. The lowest BCUT2D eigenvalue weighted by Gasteiger charge is -2.27. The molecule has 2 aromatic rings. The second-order valence-electron chi connectivity index (χ2n) is 4.20. The topological polar surface area (TPSA) is 62.8 Å². The number of hydrogen-bond acceptors (Lipinski definition) is 4. The molecule has 1 aliphatic heterocycles. The Morgan fingerprint density at radius 3 is 3.17 bits per heavy atom. The van der Waals surface area contributed by atoms with Crippen molar-refractivity contribution in [1.29, 1.82) is 0 Å². The summed E-state index contributed by atoms with van der Waals surface area (Å²) in [6, 6.07) is 1.78. The Morgan fingerprint density at radius 2 is 2.33 bits per heavy atom. The molecule has 0 saturated carbocycles. The number of aromatic amines is 1. The lowest BCUT2D eigenvalue weighted by atomic mass is 10.1. The van der Waals surface area contributed by atoms with Gasteiger partial charge in [-0.25, -0.2) is 4.39 Å². The molecule has 0 aliphatic carbocycles. The predicted molar refractivity (Wildman–Crippen MR) is 65.7 cm³/mol. The zero-order valence-electron chi connectivity index (χ0n) is 9.49. The van der Waals surface area contributed by atoms with Gasteiger partial charge in [0.1, 0.15) is 17.9 Å². The van der Waals surface area contributed by atoms with Crippen LogP contribution in [-0.2, 0) is 0 Å². The molecule has 0 unspecified atom stereocenters. The number of nitrogens with one attached hydrogen (secondary N) is 2. The fourth-order valence-electron chi connectivity index (χ4n) is 2.03. The van der Waals surface area contributed by atoms with Crippen LogP contribution in [0.5, 0.6) is 5.88 Å². The van der Waals surface area contributed by atoms with Crippen molar-refractivity contribution in [3.8, 4) is 5.88 Å². The summed E-state index contributed by atoms with van der Waals surface area (Å²) < 4.78 is 19.3. The Bertz CT molecular complexity index is 561. The largest absolute Gasteiger partial charge is 0.469 e. The third-order valence-corrected chi connectivity index (χ3v) is 3.13. The van der Waals surface area contributed by atoms with E-state index in [-0.39, 0.29) is 5.28 Å². The zero-order chi connectivity index (χ0) is 12.5. The van der Waals surface area contributed by atoms with Crippen LogP contribution in [0, 0.1) is 0 Å². The van der Waals surface area contributed by atoms with Crippen LogP contribution in [-0.4, -0.2) is 40.3 Å². The van der Waals surface area contributed by atoms with Crippen LogP contribution in [0.3, 0.4) is 0 Å². The van der Waals surface area contributed by atoms with Crippen molar-refractivity contribution in [2.45, 2.75) is 18.7 Å². The molecule has 2 aromatic heterocycles. The highest BCUT2D eigenvalue weighted by Crippen LogP contribution is 2.25. The molecule has 96 valence electrons. The van der Waals surface area contributed by atoms with Crippen molar-refractivity contribution in [3.63, 3.8) is 0 Å². The van der Waals surface area contributed by atoms with Crippen LogP contribution in [0.4, 0.5) is 4.39 Å². The summed E-state index contributed by atoms with van der Waals surface area (Å²) in [6.07, 6.45) is 0.630. The van der Waals surface area contributed by atoms with Crippen molar-refractivity contribution in [2.75, 3.05) is 13.1 Å². The van der Waals surface area contributed by atoms with Gasteiger partial charge < -0.3 is 15.0 Å². The fraction of sp³-hybridized carbons (Fsp3) is 0.455. The van der Waals surface area contributed by atoms with Gasteiger partial charge in [0.15, 0.2) is 0 Å². The monoisotopic (exact) mass is 270 g/mol. The molecule has 0 radical (unpaired) electrons. The van der Waals surface area contributed by atoms with Crippen LogP contribution in [0.25, 0.3) is 11.0 Å². The maximum atomic E-state index is 13.7. The maximum absolute atomic E-state index is 13.7. The summed E-state index contributed by atoms with van der Waals surface area (Å²) >= 11 is 5.80. The van der Waals surface area contributed by atoms with Gasteiger partial charge in [-0.1, -0.05) is 0 Å². The van der Waals surface area contributed by atoms with Gasteiger partial charge in [-0.15, -0.1) is 0 Å². The van der Waals surface area contributed by atoms with E-state index in [4.69, 9.17) is 16.3 Å². The SMILES string of the molecule is F[C@H]1CCNC[C@H]1Oc1nc(Cl)nc2[nH]ccc12. The smallest absolute Gasteiger partial charge is 0.227 e. The Hall–Kier alpha value is -1.40. The average Bonchev–Trinajstić information content (AvgIpc) is 2.80. The minimum Gasteiger partial charge on any atom is -0.469 e. The summed E-state index contributed by atoms with van der Waals surface area (Å²) in [5.74, 6) is 0.322. The van der Waals surface area contributed by atoms with Crippen molar-refractivity contribution in [1.82, 2.24) is 20.3 Å². The molecule has 0 amide bonds. The number of alkyl halides is 1. The molecule has 3 rings (SSSR count). The van der Waals surface area contributed by atoms with Gasteiger partial charge in [-0.05, 0) is 30.6 Å². The summed E-state index contributed by atoms with van der Waals surface area (Å²) in [5.41, 5.74) is 0.587. The molecule has 1 aliphatic rings. The highest BCUT2D eigenvalue weighted by atomic mass is 35.5. The third kappa shape index (κ3) is 2.13. The molecule has 18 heavy (non-hydrogen) atoms. The fourth-order valence-corrected chi connectivity index (χ4v) is 2.20. The number of halogens is 2.